The number of fused-ring (bicyclic) bond motifs is 1. The first-order valence-corrected chi connectivity index (χ1v) is 6.03. The van der Waals surface area contributed by atoms with E-state index in [-0.39, 0.29) is 11.9 Å². The molecule has 1 atom stereocenters. The molecule has 6 heteroatoms. The van der Waals surface area contributed by atoms with E-state index in [0.717, 1.165) is 31.0 Å². The number of aromatic nitrogens is 3. The summed E-state index contributed by atoms with van der Waals surface area (Å²) in [4.78, 5) is 11.4. The molecule has 2 heterocycles. The van der Waals surface area contributed by atoms with Crippen LogP contribution in [0.15, 0.2) is 0 Å². The van der Waals surface area contributed by atoms with Crippen molar-refractivity contribution in [3.8, 4) is 0 Å². The van der Waals surface area contributed by atoms with Gasteiger partial charge < -0.3 is 9.88 Å². The Morgan fingerprint density at radius 2 is 2.44 bits per heavy atom. The highest BCUT2D eigenvalue weighted by atomic mass is 35.5. The number of nitrogens with one attached hydrogen (secondary N) is 1. The molecule has 0 fully saturated rings. The van der Waals surface area contributed by atoms with E-state index in [1.165, 1.54) is 0 Å². The lowest BCUT2D eigenvalue weighted by Gasteiger charge is -2.13. The van der Waals surface area contributed by atoms with E-state index >= 15 is 0 Å². The lowest BCUT2D eigenvalue weighted by molar-refractivity contribution is -0.121. The summed E-state index contributed by atoms with van der Waals surface area (Å²) in [5.41, 5.74) is 0. The van der Waals surface area contributed by atoms with E-state index in [2.05, 4.69) is 20.1 Å². The summed E-state index contributed by atoms with van der Waals surface area (Å²) in [7, 11) is 0. The SMILES string of the molecule is CC(NC(=O)CCCl)c1nnc2n1CCC2. The van der Waals surface area contributed by atoms with Crippen LogP contribution in [0.3, 0.4) is 0 Å². The molecular weight excluding hydrogens is 228 g/mol. The smallest absolute Gasteiger partial charge is 0.221 e. The maximum Gasteiger partial charge on any atom is 0.221 e. The van der Waals surface area contributed by atoms with Crippen LogP contribution in [-0.2, 0) is 17.8 Å². The van der Waals surface area contributed by atoms with Crippen LogP contribution in [0.25, 0.3) is 0 Å². The molecule has 0 radical (unpaired) electrons. The van der Waals surface area contributed by atoms with Crippen LogP contribution in [0.2, 0.25) is 0 Å². The van der Waals surface area contributed by atoms with Gasteiger partial charge in [-0.15, -0.1) is 21.8 Å². The van der Waals surface area contributed by atoms with Crippen LogP contribution in [-0.4, -0.2) is 26.6 Å². The van der Waals surface area contributed by atoms with Crippen molar-refractivity contribution in [1.82, 2.24) is 20.1 Å². The molecule has 0 saturated heterocycles. The number of hydrogen-bond acceptors (Lipinski definition) is 3. The Bertz CT molecular complexity index is 390. The molecule has 1 aliphatic heterocycles. The highest BCUT2D eigenvalue weighted by Crippen LogP contribution is 2.18. The van der Waals surface area contributed by atoms with Crippen molar-refractivity contribution < 1.29 is 4.79 Å². The Morgan fingerprint density at radius 1 is 1.62 bits per heavy atom. The largest absolute Gasteiger partial charge is 0.346 e. The molecule has 1 aromatic heterocycles. The minimum Gasteiger partial charge on any atom is -0.346 e. The van der Waals surface area contributed by atoms with E-state index in [1.807, 2.05) is 6.92 Å². The van der Waals surface area contributed by atoms with Gasteiger partial charge in [-0.05, 0) is 13.3 Å². The van der Waals surface area contributed by atoms with Gasteiger partial charge in [0, 0.05) is 25.3 Å². The summed E-state index contributed by atoms with van der Waals surface area (Å²) in [6.07, 6.45) is 2.43. The lowest BCUT2D eigenvalue weighted by atomic mass is 10.3. The van der Waals surface area contributed by atoms with Crippen molar-refractivity contribution in [2.75, 3.05) is 5.88 Å². The van der Waals surface area contributed by atoms with Gasteiger partial charge in [0.05, 0.1) is 6.04 Å². The third-order valence-electron chi connectivity index (χ3n) is 2.72. The number of aryl methyl sites for hydroxylation is 1. The van der Waals surface area contributed by atoms with Gasteiger partial charge >= 0.3 is 0 Å². The van der Waals surface area contributed by atoms with E-state index in [4.69, 9.17) is 11.6 Å². The summed E-state index contributed by atoms with van der Waals surface area (Å²) in [6.45, 7) is 2.87. The van der Waals surface area contributed by atoms with Gasteiger partial charge in [-0.1, -0.05) is 0 Å². The van der Waals surface area contributed by atoms with Crippen molar-refractivity contribution in [3.63, 3.8) is 0 Å². The van der Waals surface area contributed by atoms with Crippen LogP contribution < -0.4 is 5.32 Å². The molecule has 0 aromatic carbocycles. The van der Waals surface area contributed by atoms with Gasteiger partial charge in [-0.25, -0.2) is 0 Å². The maximum atomic E-state index is 11.4. The molecule has 0 spiro atoms. The summed E-state index contributed by atoms with van der Waals surface area (Å²) >= 11 is 5.50. The number of amides is 1. The molecule has 0 saturated carbocycles. The third-order valence-corrected chi connectivity index (χ3v) is 2.91. The minimum atomic E-state index is -0.102. The van der Waals surface area contributed by atoms with Crippen molar-refractivity contribution in [2.24, 2.45) is 0 Å². The Labute approximate surface area is 99.2 Å². The van der Waals surface area contributed by atoms with Crippen molar-refractivity contribution in [3.05, 3.63) is 11.6 Å². The predicted molar refractivity (Wildman–Crippen MR) is 60.2 cm³/mol. The van der Waals surface area contributed by atoms with Crippen LogP contribution in [0.4, 0.5) is 0 Å². The zero-order chi connectivity index (χ0) is 11.5. The topological polar surface area (TPSA) is 59.8 Å². The normalized spacial score (nSPS) is 15.9. The third kappa shape index (κ3) is 2.19. The lowest BCUT2D eigenvalue weighted by Crippen LogP contribution is -2.28. The fourth-order valence-electron chi connectivity index (χ4n) is 1.96. The van der Waals surface area contributed by atoms with Gasteiger partial charge in [0.15, 0.2) is 5.82 Å². The first-order chi connectivity index (χ1) is 7.72. The monoisotopic (exact) mass is 242 g/mol. The highest BCUT2D eigenvalue weighted by molar-refractivity contribution is 6.18. The zero-order valence-electron chi connectivity index (χ0n) is 9.24. The summed E-state index contributed by atoms with van der Waals surface area (Å²) in [6, 6.07) is -0.102. The molecule has 1 N–H and O–H groups in total. The number of carbonyl (C=O) groups excluding carboxylic acids is 1. The predicted octanol–water partition coefficient (Wildman–Crippen LogP) is 1.03. The molecule has 1 unspecified atom stereocenters. The molecule has 2 rings (SSSR count). The molecule has 5 nitrogen and oxygen atoms in total. The number of nitrogens with zero attached hydrogens (tertiary/aromatic N) is 3. The Kier molecular flexibility index (Phi) is 3.43. The van der Waals surface area contributed by atoms with Crippen molar-refractivity contribution in [1.29, 1.82) is 0 Å². The quantitative estimate of drug-likeness (QED) is 0.803. The second kappa shape index (κ2) is 4.82. The van der Waals surface area contributed by atoms with Crippen LogP contribution >= 0.6 is 11.6 Å². The average molecular weight is 243 g/mol. The van der Waals surface area contributed by atoms with Gasteiger partial charge in [0.1, 0.15) is 5.82 Å². The van der Waals surface area contributed by atoms with Crippen molar-refractivity contribution in [2.45, 2.75) is 38.8 Å². The van der Waals surface area contributed by atoms with Gasteiger partial charge in [0.25, 0.3) is 0 Å². The molecular formula is C10H15ClN4O. The number of halogens is 1. The second-order valence-corrected chi connectivity index (χ2v) is 4.34. The molecule has 88 valence electrons. The van der Waals surface area contributed by atoms with E-state index in [0.29, 0.717) is 12.3 Å². The Morgan fingerprint density at radius 3 is 3.19 bits per heavy atom. The first-order valence-electron chi connectivity index (χ1n) is 5.49. The van der Waals surface area contributed by atoms with Crippen LogP contribution in [0.1, 0.15) is 37.5 Å². The van der Waals surface area contributed by atoms with E-state index in [1.54, 1.807) is 0 Å². The second-order valence-electron chi connectivity index (χ2n) is 3.96. The Hall–Kier alpha value is -1.10. The summed E-state index contributed by atoms with van der Waals surface area (Å²) < 4.78 is 2.09. The van der Waals surface area contributed by atoms with Crippen LogP contribution in [0.5, 0.6) is 0 Å². The summed E-state index contributed by atoms with van der Waals surface area (Å²) in [5, 5.41) is 11.1. The van der Waals surface area contributed by atoms with E-state index < -0.39 is 0 Å². The fourth-order valence-corrected chi connectivity index (χ4v) is 2.13. The minimum absolute atomic E-state index is 0.0437. The number of carbonyl (C=O) groups is 1. The Balaban J connectivity index is 2.03. The van der Waals surface area contributed by atoms with Crippen molar-refractivity contribution >= 4 is 17.5 Å². The zero-order valence-corrected chi connectivity index (χ0v) is 10.00. The number of alkyl halides is 1. The number of rotatable bonds is 4. The molecule has 1 amide bonds. The number of hydrogen-bond donors (Lipinski definition) is 1. The maximum absolute atomic E-state index is 11.4. The van der Waals surface area contributed by atoms with Gasteiger partial charge in [0.2, 0.25) is 5.91 Å². The molecule has 16 heavy (non-hydrogen) atoms. The standard InChI is InChI=1S/C10H15ClN4O/c1-7(12-9(16)4-5-11)10-14-13-8-3-2-6-15(8)10/h7H,2-6H2,1H3,(H,12,16). The van der Waals surface area contributed by atoms with E-state index in [9.17, 15) is 4.79 Å². The highest BCUT2D eigenvalue weighted by Gasteiger charge is 2.21. The molecule has 1 aliphatic rings. The van der Waals surface area contributed by atoms with Gasteiger partial charge in [-0.3, -0.25) is 4.79 Å². The average Bonchev–Trinajstić information content (AvgIpc) is 2.77. The van der Waals surface area contributed by atoms with Crippen LogP contribution in [0, 0.1) is 0 Å². The summed E-state index contributed by atoms with van der Waals surface area (Å²) in [5.74, 6) is 2.16. The molecule has 0 bridgehead atoms. The molecule has 1 aromatic rings. The van der Waals surface area contributed by atoms with Gasteiger partial charge in [-0.2, -0.15) is 0 Å². The molecule has 0 aliphatic carbocycles. The fraction of sp³-hybridized carbons (Fsp3) is 0.700. The first kappa shape index (κ1) is 11.4.